The Morgan fingerprint density at radius 2 is 2.05 bits per heavy atom. The highest BCUT2D eigenvalue weighted by Crippen LogP contribution is 2.24. The molecule has 0 bridgehead atoms. The number of ether oxygens (including phenoxy) is 2. The van der Waals surface area contributed by atoms with E-state index in [2.05, 4.69) is 30.0 Å². The van der Waals surface area contributed by atoms with Crippen LogP contribution in [-0.4, -0.2) is 32.2 Å². The Balaban J connectivity index is 1.97. The molecule has 0 aliphatic carbocycles. The first-order valence-corrected chi connectivity index (χ1v) is 7.60. The molecule has 0 saturated carbocycles. The zero-order chi connectivity index (χ0) is 16.1. The summed E-state index contributed by atoms with van der Waals surface area (Å²) in [6, 6.07) is 5.68. The molecule has 3 unspecified atom stereocenters. The van der Waals surface area contributed by atoms with Crippen molar-refractivity contribution in [2.45, 2.75) is 38.9 Å². The van der Waals surface area contributed by atoms with Crippen molar-refractivity contribution in [1.29, 1.82) is 0 Å². The quantitative estimate of drug-likeness (QED) is 0.737. The smallest absolute Gasteiger partial charge is 0.239 e. The molecule has 1 aliphatic rings. The van der Waals surface area contributed by atoms with Gasteiger partial charge in [-0.3, -0.25) is 10.2 Å². The largest absolute Gasteiger partial charge is 0.497 e. The van der Waals surface area contributed by atoms with Gasteiger partial charge in [-0.1, -0.05) is 13.8 Å². The summed E-state index contributed by atoms with van der Waals surface area (Å²) in [5, 5.41) is 2.97. The topological polar surface area (TPSA) is 71.6 Å². The van der Waals surface area contributed by atoms with Gasteiger partial charge in [0.1, 0.15) is 17.5 Å². The molecule has 2 rings (SSSR count). The van der Waals surface area contributed by atoms with E-state index in [0.29, 0.717) is 18.3 Å². The van der Waals surface area contributed by atoms with Gasteiger partial charge < -0.3 is 14.8 Å². The first-order valence-electron chi connectivity index (χ1n) is 7.60. The summed E-state index contributed by atoms with van der Waals surface area (Å²) in [4.78, 5) is 12.3. The molecule has 1 heterocycles. The number of amides is 1. The van der Waals surface area contributed by atoms with Gasteiger partial charge in [-0.15, -0.1) is 0 Å². The lowest BCUT2D eigenvalue weighted by Gasteiger charge is -2.17. The Bertz CT molecular complexity index is 521. The maximum atomic E-state index is 12.3. The van der Waals surface area contributed by atoms with E-state index in [0.717, 1.165) is 17.7 Å². The number of hydrazine groups is 1. The van der Waals surface area contributed by atoms with Crippen LogP contribution < -0.4 is 25.6 Å². The lowest BCUT2D eigenvalue weighted by atomic mass is 9.94. The Kier molecular flexibility index (Phi) is 5.63. The minimum Gasteiger partial charge on any atom is -0.497 e. The average Bonchev–Trinajstić information content (AvgIpc) is 2.93. The molecule has 1 amide bonds. The molecule has 1 saturated heterocycles. The van der Waals surface area contributed by atoms with Gasteiger partial charge in [0.2, 0.25) is 5.91 Å². The third-order valence-electron chi connectivity index (χ3n) is 4.25. The monoisotopic (exact) mass is 307 g/mol. The Morgan fingerprint density at radius 1 is 1.27 bits per heavy atom. The number of nitrogens with one attached hydrogen (secondary N) is 3. The molecule has 6 nitrogen and oxygen atoms in total. The third kappa shape index (κ3) is 3.51. The standard InChI is InChI=1S/C16H25N3O3/c1-5-13-10(2)15(19-18-13)16(20)17-9-11-6-7-12(21-3)8-14(11)22-4/h6-8,10,13,15,18-19H,5,9H2,1-4H3,(H,17,20). The van der Waals surface area contributed by atoms with E-state index >= 15 is 0 Å². The number of rotatable bonds is 6. The molecule has 6 heteroatoms. The summed E-state index contributed by atoms with van der Waals surface area (Å²) in [6.45, 7) is 4.62. The minimum atomic E-state index is -0.214. The number of benzene rings is 1. The predicted octanol–water partition coefficient (Wildman–Crippen LogP) is 1.21. The van der Waals surface area contributed by atoms with Crippen molar-refractivity contribution in [2.24, 2.45) is 5.92 Å². The lowest BCUT2D eigenvalue weighted by Crippen LogP contribution is -2.44. The lowest BCUT2D eigenvalue weighted by molar-refractivity contribution is -0.123. The number of methoxy groups -OCH3 is 2. The first kappa shape index (κ1) is 16.6. The van der Waals surface area contributed by atoms with Crippen molar-refractivity contribution in [2.75, 3.05) is 14.2 Å². The number of carbonyl (C=O) groups is 1. The molecule has 1 aromatic carbocycles. The molecule has 3 N–H and O–H groups in total. The summed E-state index contributed by atoms with van der Waals surface area (Å²) in [6.07, 6.45) is 0.990. The van der Waals surface area contributed by atoms with Crippen molar-refractivity contribution in [3.8, 4) is 11.5 Å². The normalized spacial score (nSPS) is 24.1. The van der Waals surface area contributed by atoms with Gasteiger partial charge in [0.15, 0.2) is 0 Å². The molecule has 122 valence electrons. The zero-order valence-corrected chi connectivity index (χ0v) is 13.6. The van der Waals surface area contributed by atoms with Crippen LogP contribution in [0, 0.1) is 5.92 Å². The number of hydrogen-bond donors (Lipinski definition) is 3. The second-order valence-electron chi connectivity index (χ2n) is 5.54. The van der Waals surface area contributed by atoms with Gasteiger partial charge >= 0.3 is 0 Å². The van der Waals surface area contributed by atoms with Gasteiger partial charge in [0.05, 0.1) is 14.2 Å². The van der Waals surface area contributed by atoms with E-state index in [-0.39, 0.29) is 17.9 Å². The van der Waals surface area contributed by atoms with Crippen molar-refractivity contribution < 1.29 is 14.3 Å². The summed E-state index contributed by atoms with van der Waals surface area (Å²) < 4.78 is 10.5. The minimum absolute atomic E-state index is 0.00572. The second kappa shape index (κ2) is 7.47. The molecule has 0 spiro atoms. The van der Waals surface area contributed by atoms with E-state index in [1.807, 2.05) is 18.2 Å². The van der Waals surface area contributed by atoms with Gasteiger partial charge in [-0.2, -0.15) is 0 Å². The highest BCUT2D eigenvalue weighted by Gasteiger charge is 2.35. The predicted molar refractivity (Wildman–Crippen MR) is 84.7 cm³/mol. The zero-order valence-electron chi connectivity index (χ0n) is 13.6. The van der Waals surface area contributed by atoms with Crippen LogP contribution in [0.4, 0.5) is 0 Å². The van der Waals surface area contributed by atoms with Crippen LogP contribution in [0.3, 0.4) is 0 Å². The number of carbonyl (C=O) groups excluding carboxylic acids is 1. The maximum absolute atomic E-state index is 12.3. The van der Waals surface area contributed by atoms with Crippen LogP contribution in [0.5, 0.6) is 11.5 Å². The molecule has 3 atom stereocenters. The average molecular weight is 307 g/mol. The molecular weight excluding hydrogens is 282 g/mol. The summed E-state index contributed by atoms with van der Waals surface area (Å²) in [5.74, 6) is 1.68. The van der Waals surface area contributed by atoms with Crippen molar-refractivity contribution in [1.82, 2.24) is 16.2 Å². The van der Waals surface area contributed by atoms with Crippen molar-refractivity contribution in [3.63, 3.8) is 0 Å². The van der Waals surface area contributed by atoms with Crippen molar-refractivity contribution in [3.05, 3.63) is 23.8 Å². The van der Waals surface area contributed by atoms with E-state index in [9.17, 15) is 4.79 Å². The first-order chi connectivity index (χ1) is 10.6. The van der Waals surface area contributed by atoms with E-state index < -0.39 is 0 Å². The summed E-state index contributed by atoms with van der Waals surface area (Å²) >= 11 is 0. The van der Waals surface area contributed by atoms with Gasteiger partial charge in [-0.25, -0.2) is 5.43 Å². The fourth-order valence-electron chi connectivity index (χ4n) is 2.76. The second-order valence-corrected chi connectivity index (χ2v) is 5.54. The summed E-state index contributed by atoms with van der Waals surface area (Å²) in [7, 11) is 3.22. The van der Waals surface area contributed by atoms with Crippen LogP contribution in [-0.2, 0) is 11.3 Å². The van der Waals surface area contributed by atoms with Gasteiger partial charge in [0, 0.05) is 24.2 Å². The number of hydrogen-bond acceptors (Lipinski definition) is 5. The molecule has 0 radical (unpaired) electrons. The Morgan fingerprint density at radius 3 is 2.64 bits per heavy atom. The van der Waals surface area contributed by atoms with Crippen LogP contribution in [0.1, 0.15) is 25.8 Å². The fourth-order valence-corrected chi connectivity index (χ4v) is 2.76. The highest BCUT2D eigenvalue weighted by molar-refractivity contribution is 5.82. The SMILES string of the molecule is CCC1NNC(C(=O)NCc2ccc(OC)cc2OC)C1C. The maximum Gasteiger partial charge on any atom is 0.239 e. The van der Waals surface area contributed by atoms with E-state index in [4.69, 9.17) is 9.47 Å². The molecule has 1 aromatic rings. The molecule has 0 aromatic heterocycles. The molecular formula is C16H25N3O3. The van der Waals surface area contributed by atoms with Crippen LogP contribution in [0.25, 0.3) is 0 Å². The van der Waals surface area contributed by atoms with Crippen LogP contribution in [0.15, 0.2) is 18.2 Å². The van der Waals surface area contributed by atoms with Crippen LogP contribution in [0.2, 0.25) is 0 Å². The highest BCUT2D eigenvalue weighted by atomic mass is 16.5. The van der Waals surface area contributed by atoms with E-state index in [1.165, 1.54) is 0 Å². The molecule has 22 heavy (non-hydrogen) atoms. The molecule has 1 fully saturated rings. The Labute approximate surface area is 131 Å². The van der Waals surface area contributed by atoms with Crippen LogP contribution >= 0.6 is 0 Å². The van der Waals surface area contributed by atoms with Gasteiger partial charge in [0.25, 0.3) is 0 Å². The van der Waals surface area contributed by atoms with Gasteiger partial charge in [-0.05, 0) is 24.5 Å². The van der Waals surface area contributed by atoms with Crippen molar-refractivity contribution >= 4 is 5.91 Å². The summed E-state index contributed by atoms with van der Waals surface area (Å²) in [5.41, 5.74) is 7.17. The Hall–Kier alpha value is -1.79. The van der Waals surface area contributed by atoms with E-state index in [1.54, 1.807) is 14.2 Å². The fraction of sp³-hybridized carbons (Fsp3) is 0.562. The third-order valence-corrected chi connectivity index (χ3v) is 4.25. The molecule has 1 aliphatic heterocycles.